The van der Waals surface area contributed by atoms with Crippen molar-refractivity contribution in [2.75, 3.05) is 11.9 Å². The molecule has 10 aromatic carbocycles. The fourth-order valence-electron chi connectivity index (χ4n) is 9.61. The van der Waals surface area contributed by atoms with Crippen molar-refractivity contribution in [3.63, 3.8) is 0 Å². The lowest BCUT2D eigenvalue weighted by atomic mass is 9.92. The minimum absolute atomic E-state index is 0.625. The van der Waals surface area contributed by atoms with Crippen molar-refractivity contribution in [1.82, 2.24) is 19.5 Å². The van der Waals surface area contributed by atoms with E-state index in [9.17, 15) is 0 Å². The Balaban J connectivity index is 0.909. The second kappa shape index (κ2) is 17.9. The van der Waals surface area contributed by atoms with Gasteiger partial charge in [-0.3, -0.25) is 0 Å². The molecule has 2 aromatic heterocycles. The third kappa shape index (κ3) is 7.92. The van der Waals surface area contributed by atoms with E-state index in [0.717, 1.165) is 67.0 Å². The third-order valence-electron chi connectivity index (χ3n) is 13.1. The summed E-state index contributed by atoms with van der Waals surface area (Å²) in [5.74, 6) is 1.89. The Labute approximate surface area is 402 Å². The number of hydrogen-bond donors (Lipinski definition) is 0. The predicted molar refractivity (Wildman–Crippen MR) is 287 cm³/mol. The highest BCUT2D eigenvalue weighted by molar-refractivity contribution is 6.10. The van der Waals surface area contributed by atoms with E-state index < -0.39 is 0 Å². The average Bonchev–Trinajstić information content (AvgIpc) is 3.77. The van der Waals surface area contributed by atoms with Gasteiger partial charge in [0.05, 0.1) is 11.0 Å². The van der Waals surface area contributed by atoms with Crippen LogP contribution in [0, 0.1) is 0 Å². The van der Waals surface area contributed by atoms with Crippen molar-refractivity contribution in [3.05, 3.63) is 255 Å². The van der Waals surface area contributed by atoms with Crippen LogP contribution in [0.2, 0.25) is 0 Å². The quantitative estimate of drug-likeness (QED) is 0.137. The fraction of sp³-hybridized carbons (Fsp3) is 0.0156. The van der Waals surface area contributed by atoms with Gasteiger partial charge in [0.2, 0.25) is 0 Å². The number of fused-ring (bicyclic) bond motifs is 3. The topological polar surface area (TPSA) is 46.8 Å². The van der Waals surface area contributed by atoms with Crippen LogP contribution in [0.15, 0.2) is 255 Å². The smallest absolute Gasteiger partial charge is 0.164 e. The molecule has 5 heteroatoms. The van der Waals surface area contributed by atoms with Gasteiger partial charge in [-0.25, -0.2) is 15.0 Å². The molecule has 0 amide bonds. The van der Waals surface area contributed by atoms with Crippen molar-refractivity contribution >= 4 is 33.2 Å². The molecule has 0 N–H and O–H groups in total. The van der Waals surface area contributed by atoms with E-state index in [1.165, 1.54) is 33.0 Å². The fourth-order valence-corrected chi connectivity index (χ4v) is 9.61. The number of aromatic nitrogens is 4. The lowest BCUT2D eigenvalue weighted by Crippen LogP contribution is -2.11. The van der Waals surface area contributed by atoms with E-state index in [1.807, 2.05) is 36.4 Å². The van der Waals surface area contributed by atoms with E-state index in [0.29, 0.717) is 17.5 Å². The first-order chi connectivity index (χ1) is 34.1. The molecule has 0 aliphatic carbocycles. The summed E-state index contributed by atoms with van der Waals surface area (Å²) < 4.78 is 2.39. The van der Waals surface area contributed by atoms with Crippen LogP contribution in [0.1, 0.15) is 0 Å². The van der Waals surface area contributed by atoms with Gasteiger partial charge in [0.25, 0.3) is 0 Å². The summed E-state index contributed by atoms with van der Waals surface area (Å²) in [7, 11) is 2.15. The van der Waals surface area contributed by atoms with Crippen molar-refractivity contribution in [2.24, 2.45) is 0 Å². The Kier molecular flexibility index (Phi) is 10.7. The van der Waals surface area contributed by atoms with Crippen LogP contribution in [-0.4, -0.2) is 26.6 Å². The molecule has 69 heavy (non-hydrogen) atoms. The summed E-state index contributed by atoms with van der Waals surface area (Å²) in [5, 5.41) is 2.39. The van der Waals surface area contributed by atoms with Gasteiger partial charge in [-0.15, -0.1) is 0 Å². The highest BCUT2D eigenvalue weighted by Crippen LogP contribution is 2.42. The Hall–Kier alpha value is -9.19. The number of nitrogens with zero attached hydrogens (tertiary/aromatic N) is 5. The third-order valence-corrected chi connectivity index (χ3v) is 13.1. The largest absolute Gasteiger partial charge is 0.344 e. The number of hydrogen-bond acceptors (Lipinski definition) is 4. The summed E-state index contributed by atoms with van der Waals surface area (Å²) >= 11 is 0. The Morgan fingerprint density at radius 1 is 0.319 bits per heavy atom. The van der Waals surface area contributed by atoms with Gasteiger partial charge in [0.1, 0.15) is 0 Å². The van der Waals surface area contributed by atoms with Crippen LogP contribution in [0.5, 0.6) is 0 Å². The SMILES string of the molecule is CN(c1ccccc1)c1cccc(-c2ccc(-n3c4ccccc4c4cc(-c5cccc(-c6nc(-c7ccccc7)nc(-c7ccc(-c8ccccc8)cc7)n6)c5)ccc43)cc2)c1-c1ccccc1. The van der Waals surface area contributed by atoms with Crippen molar-refractivity contribution in [3.8, 4) is 84.4 Å². The number of para-hydroxylation sites is 2. The zero-order valence-corrected chi connectivity index (χ0v) is 38.0. The second-order valence-corrected chi connectivity index (χ2v) is 17.3. The maximum atomic E-state index is 5.11. The lowest BCUT2D eigenvalue weighted by Gasteiger charge is -2.25. The predicted octanol–water partition coefficient (Wildman–Crippen LogP) is 16.4. The van der Waals surface area contributed by atoms with Crippen LogP contribution in [0.3, 0.4) is 0 Å². The maximum Gasteiger partial charge on any atom is 0.164 e. The zero-order valence-electron chi connectivity index (χ0n) is 38.0. The Bertz CT molecular complexity index is 3760. The molecule has 0 unspecified atom stereocenters. The average molecular weight is 884 g/mol. The number of anilines is 2. The molecule has 0 fully saturated rings. The van der Waals surface area contributed by atoms with Gasteiger partial charge < -0.3 is 9.47 Å². The summed E-state index contributed by atoms with van der Waals surface area (Å²) in [5.41, 5.74) is 17.7. The van der Waals surface area contributed by atoms with E-state index >= 15 is 0 Å². The molecule has 0 atom stereocenters. The van der Waals surface area contributed by atoms with Crippen LogP contribution in [0.4, 0.5) is 11.4 Å². The van der Waals surface area contributed by atoms with E-state index in [1.54, 1.807) is 0 Å². The molecule has 0 bridgehead atoms. The molecule has 0 saturated carbocycles. The first-order valence-corrected chi connectivity index (χ1v) is 23.3. The van der Waals surface area contributed by atoms with Gasteiger partial charge in [-0.05, 0) is 93.5 Å². The van der Waals surface area contributed by atoms with Crippen LogP contribution in [0.25, 0.3) is 106 Å². The first-order valence-electron chi connectivity index (χ1n) is 23.3. The highest BCUT2D eigenvalue weighted by atomic mass is 15.1. The lowest BCUT2D eigenvalue weighted by molar-refractivity contribution is 1.07. The molecule has 2 heterocycles. The highest BCUT2D eigenvalue weighted by Gasteiger charge is 2.19. The van der Waals surface area contributed by atoms with Crippen molar-refractivity contribution in [2.45, 2.75) is 0 Å². The molecule has 12 rings (SSSR count). The van der Waals surface area contributed by atoms with Gasteiger partial charge in [-0.2, -0.15) is 0 Å². The summed E-state index contributed by atoms with van der Waals surface area (Å²) in [6.07, 6.45) is 0. The minimum atomic E-state index is 0.625. The number of benzene rings is 10. The molecule has 0 aliphatic heterocycles. The number of rotatable bonds is 10. The van der Waals surface area contributed by atoms with E-state index in [2.05, 4.69) is 235 Å². The summed E-state index contributed by atoms with van der Waals surface area (Å²) in [4.78, 5) is 17.5. The molecular weight excluding hydrogens is 839 g/mol. The van der Waals surface area contributed by atoms with Crippen molar-refractivity contribution in [1.29, 1.82) is 0 Å². The Morgan fingerprint density at radius 2 is 0.783 bits per heavy atom. The van der Waals surface area contributed by atoms with Crippen LogP contribution >= 0.6 is 0 Å². The molecule has 12 aromatic rings. The monoisotopic (exact) mass is 883 g/mol. The van der Waals surface area contributed by atoms with E-state index in [4.69, 9.17) is 15.0 Å². The van der Waals surface area contributed by atoms with E-state index in [-0.39, 0.29) is 0 Å². The second-order valence-electron chi connectivity index (χ2n) is 17.3. The van der Waals surface area contributed by atoms with Crippen molar-refractivity contribution < 1.29 is 0 Å². The standard InChI is InChI=1S/C64H45N5/c1-68(53-26-12-5-13-27-53)60-31-17-29-55(61(60)47-20-8-3-9-21-47)46-36-39-54(40-37-46)69-58-30-15-14-28-56(58)57-43-51(38-41-59(57)69)50-24-16-25-52(42-50)64-66-62(48-22-10-4-11-23-48)65-63(67-64)49-34-32-45(33-35-49)44-18-6-2-7-19-44/h2-43H,1H3. The molecule has 0 aliphatic rings. The summed E-state index contributed by atoms with van der Waals surface area (Å²) in [6, 6.07) is 90.0. The first kappa shape index (κ1) is 41.3. The van der Waals surface area contributed by atoms with Gasteiger partial charge in [0.15, 0.2) is 17.5 Å². The maximum absolute atomic E-state index is 5.11. The van der Waals surface area contributed by atoms with Crippen LogP contribution in [-0.2, 0) is 0 Å². The Morgan fingerprint density at radius 3 is 1.48 bits per heavy atom. The minimum Gasteiger partial charge on any atom is -0.344 e. The van der Waals surface area contributed by atoms with Gasteiger partial charge >= 0.3 is 0 Å². The molecule has 0 radical (unpaired) electrons. The molecule has 0 spiro atoms. The molecule has 326 valence electrons. The molecule has 5 nitrogen and oxygen atoms in total. The van der Waals surface area contributed by atoms with Gasteiger partial charge in [-0.1, -0.05) is 200 Å². The zero-order chi connectivity index (χ0) is 46.1. The van der Waals surface area contributed by atoms with Crippen LogP contribution < -0.4 is 4.90 Å². The summed E-state index contributed by atoms with van der Waals surface area (Å²) in [6.45, 7) is 0. The normalized spacial score (nSPS) is 11.3. The van der Waals surface area contributed by atoms with Gasteiger partial charge in [0, 0.05) is 57.1 Å². The molecule has 0 saturated heterocycles. The molecular formula is C64H45N5.